The van der Waals surface area contributed by atoms with Gasteiger partial charge in [-0.1, -0.05) is 54.1 Å². The molecule has 0 spiro atoms. The van der Waals surface area contributed by atoms with Crippen LogP contribution in [0, 0.1) is 0 Å². The molecule has 0 aliphatic heterocycles. The third kappa shape index (κ3) is 4.68. The summed E-state index contributed by atoms with van der Waals surface area (Å²) in [7, 11) is 2.20. The predicted molar refractivity (Wildman–Crippen MR) is 126 cm³/mol. The molecule has 2 aromatic heterocycles. The predicted octanol–water partition coefficient (Wildman–Crippen LogP) is 4.43. The van der Waals surface area contributed by atoms with Crippen molar-refractivity contribution in [1.82, 2.24) is 19.8 Å². The highest BCUT2D eigenvalue weighted by Gasteiger charge is 2.13. The largest absolute Gasteiger partial charge is 0.427 e. The maximum atomic E-state index is 6.41. The fraction of sp³-hybridized carbons (Fsp3) is 0.143. The Morgan fingerprint density at radius 2 is 1.90 bits per heavy atom. The van der Waals surface area contributed by atoms with Crippen molar-refractivity contribution in [1.29, 1.82) is 0 Å². The van der Waals surface area contributed by atoms with Crippen LogP contribution in [0.15, 0.2) is 65.3 Å². The first-order valence-electron chi connectivity index (χ1n) is 9.46. The summed E-state index contributed by atoms with van der Waals surface area (Å²) >= 11 is 9.95. The second-order valence-electron chi connectivity index (χ2n) is 6.77. The van der Waals surface area contributed by atoms with Gasteiger partial charge in [-0.3, -0.25) is 0 Å². The second kappa shape index (κ2) is 9.62. The Hall–Kier alpha value is -2.39. The van der Waals surface area contributed by atoms with Crippen molar-refractivity contribution in [2.45, 2.75) is 13.1 Å². The summed E-state index contributed by atoms with van der Waals surface area (Å²) in [6, 6.07) is 18.1. The molecule has 30 heavy (non-hydrogen) atoms. The fourth-order valence-corrected chi connectivity index (χ4v) is 3.79. The quantitative estimate of drug-likeness (QED) is 0.286. The molecule has 9 heteroatoms. The summed E-state index contributed by atoms with van der Waals surface area (Å²) in [4.78, 5) is 4.75. The molecule has 0 aliphatic carbocycles. The van der Waals surface area contributed by atoms with E-state index in [-0.39, 0.29) is 0 Å². The molecule has 0 unspecified atom stereocenters. The molecule has 0 saturated heterocycles. The maximum Gasteiger partial charge on any atom is 0.360 e. The second-order valence-corrected chi connectivity index (χ2v) is 8.03. The molecule has 0 aliphatic rings. The Bertz CT molecular complexity index is 1170. The molecule has 0 bridgehead atoms. The van der Waals surface area contributed by atoms with Crippen LogP contribution in [0.25, 0.3) is 16.9 Å². The molecule has 2 heterocycles. The SMILES string of the molecule is COBNCc1cccc(CNc2cc(-c3ccccc3Cl)nc3c(Br)cnn23)c1. The molecule has 6 nitrogen and oxygen atoms in total. The number of nitrogens with one attached hydrogen (secondary N) is 2. The van der Waals surface area contributed by atoms with Gasteiger partial charge in [-0.2, -0.15) is 9.61 Å². The van der Waals surface area contributed by atoms with Gasteiger partial charge in [0.05, 0.1) is 16.4 Å². The van der Waals surface area contributed by atoms with Crippen molar-refractivity contribution in [2.75, 3.05) is 12.4 Å². The van der Waals surface area contributed by atoms with Crippen LogP contribution >= 0.6 is 27.5 Å². The first-order valence-corrected chi connectivity index (χ1v) is 10.6. The van der Waals surface area contributed by atoms with Crippen LogP contribution in [0.3, 0.4) is 0 Å². The van der Waals surface area contributed by atoms with Crippen molar-refractivity contribution < 1.29 is 4.65 Å². The van der Waals surface area contributed by atoms with Gasteiger partial charge in [-0.15, -0.1) is 0 Å². The van der Waals surface area contributed by atoms with Crippen LogP contribution in [-0.2, 0) is 17.7 Å². The van der Waals surface area contributed by atoms with Crippen molar-refractivity contribution in [3.63, 3.8) is 0 Å². The van der Waals surface area contributed by atoms with E-state index in [2.05, 4.69) is 55.8 Å². The summed E-state index contributed by atoms with van der Waals surface area (Å²) in [5, 5.41) is 11.8. The Morgan fingerprint density at radius 3 is 2.70 bits per heavy atom. The number of halogens is 2. The smallest absolute Gasteiger partial charge is 0.360 e. The minimum absolute atomic E-state index is 0.524. The zero-order chi connectivity index (χ0) is 20.9. The summed E-state index contributed by atoms with van der Waals surface area (Å²) in [5.41, 5.74) is 4.76. The monoisotopic (exact) mass is 483 g/mol. The molecule has 0 radical (unpaired) electrons. The van der Waals surface area contributed by atoms with E-state index in [0.717, 1.165) is 33.7 Å². The molecule has 0 atom stereocenters. The highest BCUT2D eigenvalue weighted by atomic mass is 79.9. The van der Waals surface area contributed by atoms with Crippen LogP contribution in [-0.4, -0.2) is 29.3 Å². The van der Waals surface area contributed by atoms with Gasteiger partial charge < -0.3 is 15.2 Å². The summed E-state index contributed by atoms with van der Waals surface area (Å²) in [6.45, 7) is 1.40. The summed E-state index contributed by atoms with van der Waals surface area (Å²) in [6.07, 6.45) is 1.74. The molecule has 2 N–H and O–H groups in total. The van der Waals surface area contributed by atoms with Gasteiger partial charge in [-0.05, 0) is 33.1 Å². The molecule has 0 fully saturated rings. The first kappa shape index (κ1) is 20.9. The van der Waals surface area contributed by atoms with Crippen LogP contribution in [0.4, 0.5) is 5.82 Å². The lowest BCUT2D eigenvalue weighted by molar-refractivity contribution is 0.430. The average Bonchev–Trinajstić information content (AvgIpc) is 3.14. The third-order valence-corrected chi connectivity index (χ3v) is 5.51. The third-order valence-electron chi connectivity index (χ3n) is 4.62. The zero-order valence-corrected chi connectivity index (χ0v) is 18.7. The van der Waals surface area contributed by atoms with Crippen molar-refractivity contribution in [2.24, 2.45) is 0 Å². The lowest BCUT2D eigenvalue weighted by atomic mass is 10.1. The van der Waals surface area contributed by atoms with Crippen LogP contribution in [0.2, 0.25) is 5.02 Å². The van der Waals surface area contributed by atoms with E-state index in [1.807, 2.05) is 30.3 Å². The normalized spacial score (nSPS) is 11.0. The molecule has 152 valence electrons. The van der Waals surface area contributed by atoms with E-state index in [1.165, 1.54) is 11.1 Å². The molecular weight excluding hydrogens is 464 g/mol. The Kier molecular flexibility index (Phi) is 6.69. The van der Waals surface area contributed by atoms with Gasteiger partial charge in [0.1, 0.15) is 5.82 Å². The minimum atomic E-state index is 0.524. The number of benzene rings is 2. The number of rotatable bonds is 8. The molecular formula is C21H20BBrClN5O. The van der Waals surface area contributed by atoms with E-state index in [4.69, 9.17) is 21.2 Å². The summed E-state index contributed by atoms with van der Waals surface area (Å²) < 4.78 is 7.66. The number of anilines is 1. The van der Waals surface area contributed by atoms with Crippen molar-refractivity contribution >= 4 is 46.6 Å². The van der Waals surface area contributed by atoms with Gasteiger partial charge in [0.2, 0.25) is 0 Å². The number of nitrogens with zero attached hydrogens (tertiary/aromatic N) is 3. The Labute approximate surface area is 189 Å². The van der Waals surface area contributed by atoms with Crippen molar-refractivity contribution in [3.05, 3.63) is 81.4 Å². The van der Waals surface area contributed by atoms with Crippen LogP contribution < -0.4 is 10.5 Å². The van der Waals surface area contributed by atoms with E-state index >= 15 is 0 Å². The number of hydrogen-bond donors (Lipinski definition) is 2. The molecule has 0 amide bonds. The standard InChI is InChI=1S/C21H20BBrClN5O/c1-30-22-26-12-15-6-4-5-14(9-15)11-25-20-10-19(16-7-2-3-8-18(16)24)28-21-17(23)13-27-29(20)21/h2-10,13,22,25-26H,11-12H2,1H3. The highest BCUT2D eigenvalue weighted by Crippen LogP contribution is 2.30. The molecule has 4 aromatic rings. The topological polar surface area (TPSA) is 63.5 Å². The lowest BCUT2D eigenvalue weighted by Crippen LogP contribution is -2.20. The van der Waals surface area contributed by atoms with Gasteiger partial charge in [0.25, 0.3) is 0 Å². The number of hydrogen-bond acceptors (Lipinski definition) is 5. The zero-order valence-electron chi connectivity index (χ0n) is 16.4. The number of aromatic nitrogens is 3. The maximum absolute atomic E-state index is 6.41. The van der Waals surface area contributed by atoms with E-state index < -0.39 is 0 Å². The fourth-order valence-electron chi connectivity index (χ4n) is 3.21. The van der Waals surface area contributed by atoms with E-state index in [9.17, 15) is 0 Å². The number of fused-ring (bicyclic) bond motifs is 1. The van der Waals surface area contributed by atoms with E-state index in [0.29, 0.717) is 19.2 Å². The lowest BCUT2D eigenvalue weighted by Gasteiger charge is -2.12. The van der Waals surface area contributed by atoms with Gasteiger partial charge in [0, 0.05) is 36.9 Å². The molecule has 2 aromatic carbocycles. The van der Waals surface area contributed by atoms with Crippen LogP contribution in [0.5, 0.6) is 0 Å². The highest BCUT2D eigenvalue weighted by molar-refractivity contribution is 9.10. The molecule has 0 saturated carbocycles. The Balaban J connectivity index is 1.61. The molecule has 4 rings (SSSR count). The van der Waals surface area contributed by atoms with Crippen molar-refractivity contribution in [3.8, 4) is 11.3 Å². The van der Waals surface area contributed by atoms with Crippen LogP contribution in [0.1, 0.15) is 11.1 Å². The van der Waals surface area contributed by atoms with Gasteiger partial charge >= 0.3 is 7.62 Å². The average molecular weight is 485 g/mol. The van der Waals surface area contributed by atoms with Gasteiger partial charge in [0.15, 0.2) is 5.65 Å². The Morgan fingerprint density at radius 1 is 1.10 bits per heavy atom. The van der Waals surface area contributed by atoms with E-state index in [1.54, 1.807) is 17.8 Å². The van der Waals surface area contributed by atoms with Gasteiger partial charge in [-0.25, -0.2) is 4.98 Å². The summed E-state index contributed by atoms with van der Waals surface area (Å²) in [5.74, 6) is 0.837. The minimum Gasteiger partial charge on any atom is -0.427 e. The first-order chi connectivity index (χ1) is 14.7.